The van der Waals surface area contributed by atoms with Crippen molar-refractivity contribution in [2.24, 2.45) is 32.5 Å². The van der Waals surface area contributed by atoms with Crippen LogP contribution in [0.15, 0.2) is 0 Å². The van der Waals surface area contributed by atoms with Gasteiger partial charge < -0.3 is 105 Å². The first kappa shape index (κ1) is 82.9. The number of hydrogen-bond acceptors (Lipinski definition) is 21. The minimum absolute atomic E-state index is 0. The summed E-state index contributed by atoms with van der Waals surface area (Å²) in [6.45, 7) is 40.5. The monoisotopic (exact) mass is 1180 g/mol. The van der Waals surface area contributed by atoms with Gasteiger partial charge in [-0.3, -0.25) is 14.4 Å². The van der Waals surface area contributed by atoms with Crippen molar-refractivity contribution in [3.63, 3.8) is 0 Å². The number of ether oxygens (including phenoxy) is 6. The van der Waals surface area contributed by atoms with Crippen molar-refractivity contribution in [1.29, 1.82) is 0 Å². The zero-order valence-electron chi connectivity index (χ0n) is 55.3. The van der Waals surface area contributed by atoms with Gasteiger partial charge in [-0.1, -0.05) is 41.5 Å². The van der Waals surface area contributed by atoms with E-state index in [0.29, 0.717) is 19.3 Å². The fourth-order valence-corrected chi connectivity index (χ4v) is 8.57. The van der Waals surface area contributed by atoms with Crippen LogP contribution < -0.4 is 0 Å². The molecule has 0 radical (unpaired) electrons. The number of aliphatic hydroxyl groups excluding tert-OH is 11. The first-order chi connectivity index (χ1) is 35.9. The molecule has 2 saturated heterocycles. The number of carbonyl (C=O) groups is 3. The Labute approximate surface area is 485 Å². The molecule has 0 aromatic rings. The fraction of sp³-hybridized carbons (Fsp3) is 0.947. The summed E-state index contributed by atoms with van der Waals surface area (Å²) in [5.41, 5.74) is -3.95. The number of rotatable bonds is 28. The van der Waals surface area contributed by atoms with E-state index in [1.807, 2.05) is 62.3 Å². The molecular formula is C57H116O24+2. The number of hydrogen-bond donors (Lipinski definition) is 15. The molecule has 16 unspecified atom stereocenters. The van der Waals surface area contributed by atoms with Crippen LogP contribution in [0.4, 0.5) is 0 Å². The van der Waals surface area contributed by atoms with E-state index >= 15 is 0 Å². The summed E-state index contributed by atoms with van der Waals surface area (Å²) in [6, 6.07) is 0. The van der Waals surface area contributed by atoms with Crippen LogP contribution >= 0.6 is 0 Å². The van der Waals surface area contributed by atoms with Crippen LogP contribution in [-0.4, -0.2) is 204 Å². The van der Waals surface area contributed by atoms with Gasteiger partial charge in [-0.25, -0.2) is 0 Å². The molecule has 2 aliphatic heterocycles. The summed E-state index contributed by atoms with van der Waals surface area (Å²) in [4.78, 5) is 34.0. The molecule has 2 rings (SSSR count). The van der Waals surface area contributed by atoms with E-state index in [2.05, 4.69) is 0 Å². The third-order valence-corrected chi connectivity index (χ3v) is 14.7. The molecule has 2 fully saturated rings. The van der Waals surface area contributed by atoms with Crippen molar-refractivity contribution in [2.45, 2.75) is 314 Å². The molecule has 24 heteroatoms. The highest BCUT2D eigenvalue weighted by Crippen LogP contribution is 2.49. The molecule has 0 saturated carbocycles. The van der Waals surface area contributed by atoms with Crippen LogP contribution in [0.5, 0.6) is 0 Å². The van der Waals surface area contributed by atoms with Crippen molar-refractivity contribution < 1.29 is 122 Å². The first-order valence-corrected chi connectivity index (χ1v) is 27.9. The molecule has 0 bridgehead atoms. The van der Waals surface area contributed by atoms with E-state index in [1.165, 1.54) is 55.4 Å². The molecule has 15 N–H and O–H groups in total. The Bertz CT molecular complexity index is 1720. The molecule has 0 spiro atoms. The quantitative estimate of drug-likeness (QED) is 0.0473. The molecule has 486 valence electrons. The average Bonchev–Trinajstić information content (AvgIpc) is 3.30. The van der Waals surface area contributed by atoms with Gasteiger partial charge in [0.25, 0.3) is 0 Å². The van der Waals surface area contributed by atoms with Crippen molar-refractivity contribution >= 4 is 17.9 Å². The van der Waals surface area contributed by atoms with Crippen molar-refractivity contribution in [2.75, 3.05) is 0 Å². The highest BCUT2D eigenvalue weighted by Gasteiger charge is 2.53. The second-order valence-electron chi connectivity index (χ2n) is 26.4. The van der Waals surface area contributed by atoms with Gasteiger partial charge in [0, 0.05) is 16.2 Å². The smallest absolute Gasteiger partial charge is 0.481 e. The lowest BCUT2D eigenvalue weighted by atomic mass is 9.71. The molecule has 24 nitrogen and oxygen atoms in total. The van der Waals surface area contributed by atoms with Gasteiger partial charge in [0.05, 0.1) is 52.9 Å². The summed E-state index contributed by atoms with van der Waals surface area (Å²) in [5.74, 6) is -5.17. The zero-order valence-corrected chi connectivity index (χ0v) is 53.3. The minimum Gasteiger partial charge on any atom is -0.481 e. The lowest BCUT2D eigenvalue weighted by molar-refractivity contribution is -0.465. The molecule has 16 atom stereocenters. The number of carboxylic acids is 3. The molecular weight excluding hydrogens is 1070 g/mol. The summed E-state index contributed by atoms with van der Waals surface area (Å²) >= 11 is 0. The molecule has 0 aliphatic carbocycles. The largest absolute Gasteiger partial charge is 1.00 e. The second kappa shape index (κ2) is 33.0. The standard InChI is InChI=1S/C19H38O8.2C13H24O4.2C6H14O4/c1-9-19(8,10-17(4,5)15(23)24)16(27-18(6,7)25)26-12(3)14(22)13(21)11(2)20;2*1-7-13(6,8-11(2,3)9(14)15)10-16-12(4,5)17-10;2*1-3(7)5(9)6(10)4(2)8/h11-14,16,20-22,25H,9-10H2,1-8H3,(H,23,24);2*10H,7-8H2,1-6H3,(H,14,15);2*3-10H,1-2H3/p+2. The normalized spacial score (nSPS) is 22.8. The van der Waals surface area contributed by atoms with Gasteiger partial charge in [-0.2, -0.15) is 0 Å². The molecule has 2 aliphatic rings. The lowest BCUT2D eigenvalue weighted by Gasteiger charge is -2.52. The minimum atomic E-state index is -1.57. The van der Waals surface area contributed by atoms with Gasteiger partial charge in [0.2, 0.25) is 0 Å². The maximum Gasteiger partial charge on any atom is 1.00 e. The van der Waals surface area contributed by atoms with E-state index in [-0.39, 0.29) is 32.7 Å². The van der Waals surface area contributed by atoms with Crippen molar-refractivity contribution in [3.05, 3.63) is 0 Å². The highest BCUT2D eigenvalue weighted by molar-refractivity contribution is 5.74. The third-order valence-electron chi connectivity index (χ3n) is 14.7. The van der Waals surface area contributed by atoms with Gasteiger partial charge in [0.1, 0.15) is 36.6 Å². The summed E-state index contributed by atoms with van der Waals surface area (Å²) in [5, 5.41) is 138. The Morgan fingerprint density at radius 3 is 0.864 bits per heavy atom. The molecule has 0 aromatic heterocycles. The van der Waals surface area contributed by atoms with Crippen molar-refractivity contribution in [3.8, 4) is 0 Å². The van der Waals surface area contributed by atoms with Crippen LogP contribution in [0, 0.1) is 32.5 Å². The van der Waals surface area contributed by atoms with E-state index in [1.54, 1.807) is 48.5 Å². The third kappa shape index (κ3) is 28.2. The second-order valence-corrected chi connectivity index (χ2v) is 26.4. The van der Waals surface area contributed by atoms with Gasteiger partial charge >= 0.3 is 20.8 Å². The van der Waals surface area contributed by atoms with Crippen LogP contribution in [0.1, 0.15) is 208 Å². The summed E-state index contributed by atoms with van der Waals surface area (Å²) in [7, 11) is 0. The summed E-state index contributed by atoms with van der Waals surface area (Å²) < 4.78 is 34.3. The Morgan fingerprint density at radius 1 is 0.444 bits per heavy atom. The van der Waals surface area contributed by atoms with Crippen LogP contribution in [0.25, 0.3) is 0 Å². The first-order valence-electron chi connectivity index (χ1n) is 27.9. The van der Waals surface area contributed by atoms with E-state index in [4.69, 9.17) is 69.3 Å². The molecule has 2 heterocycles. The summed E-state index contributed by atoms with van der Waals surface area (Å²) in [6.07, 6.45) is -12.4. The zero-order chi connectivity index (χ0) is 65.4. The Hall–Kier alpha value is -2.31. The molecule has 0 aromatic carbocycles. The van der Waals surface area contributed by atoms with Gasteiger partial charge in [-0.15, -0.1) is 0 Å². The van der Waals surface area contributed by atoms with Crippen LogP contribution in [0.2, 0.25) is 0 Å². The van der Waals surface area contributed by atoms with Gasteiger partial charge in [0.15, 0.2) is 36.2 Å². The van der Waals surface area contributed by atoms with E-state index in [9.17, 15) is 50.1 Å². The number of aliphatic hydroxyl groups is 12. The lowest BCUT2D eigenvalue weighted by Crippen LogP contribution is -2.57. The predicted molar refractivity (Wildman–Crippen MR) is 302 cm³/mol. The Balaban J connectivity index is -0.000000319. The van der Waals surface area contributed by atoms with E-state index in [0.717, 1.165) is 12.8 Å². The maximum absolute atomic E-state index is 11.6. The molecule has 81 heavy (non-hydrogen) atoms. The SMILES string of the molecule is CC(O)C(O)C(O)C(C)O.CC(O)C(O)C(O)C(C)O.CCC(C)(CC(C)(C)C(=O)O)C(OC(C)C(O)C(O)C(C)O)OC(C)(C)O.CCC(C)(CC(C)(C)C(=O)O)C1OC(C)(C)O1.CCC(C)(CC(C)(C)C(=O)O)C1OC(C)(C)O1.[H+].[H+]. The average molecular weight is 1190 g/mol. The maximum atomic E-state index is 11.6. The van der Waals surface area contributed by atoms with E-state index < -0.39 is 136 Å². The number of aliphatic carboxylic acids is 3. The van der Waals surface area contributed by atoms with Crippen molar-refractivity contribution in [1.82, 2.24) is 0 Å². The Morgan fingerprint density at radius 2 is 0.679 bits per heavy atom. The topological polar surface area (TPSA) is 410 Å². The fourth-order valence-electron chi connectivity index (χ4n) is 8.57. The predicted octanol–water partition coefficient (Wildman–Crippen LogP) is 4.67. The van der Waals surface area contributed by atoms with Gasteiger partial charge in [-0.05, 0) is 163 Å². The Kier molecular flexibility index (Phi) is 33.8. The molecule has 0 amide bonds. The number of carboxylic acid groups (broad SMARTS) is 3. The van der Waals surface area contributed by atoms with Crippen LogP contribution in [-0.2, 0) is 42.8 Å². The highest BCUT2D eigenvalue weighted by atomic mass is 16.9. The van der Waals surface area contributed by atoms with Crippen LogP contribution in [0.3, 0.4) is 0 Å².